The molecule has 0 saturated heterocycles. The monoisotopic (exact) mass is 299 g/mol. The molecule has 0 unspecified atom stereocenters. The van der Waals surface area contributed by atoms with E-state index in [1.807, 2.05) is 31.2 Å². The molecular weight excluding hydrogens is 286 g/mol. The van der Waals surface area contributed by atoms with Crippen LogP contribution in [0.15, 0.2) is 28.7 Å². The second-order valence-electron chi connectivity index (χ2n) is 3.88. The maximum absolute atomic E-state index is 11.0. The average Bonchev–Trinajstić information content (AvgIpc) is 2.30. The Morgan fingerprint density at radius 2 is 2.00 bits per heavy atom. The number of hydrogen-bond acceptors (Lipinski definition) is 3. The lowest BCUT2D eigenvalue weighted by Gasteiger charge is -2.18. The molecule has 0 spiro atoms. The van der Waals surface area contributed by atoms with Crippen LogP contribution in [-0.2, 0) is 4.79 Å². The Hall–Kier alpha value is -1.23. The first-order chi connectivity index (χ1) is 8.08. The summed E-state index contributed by atoms with van der Waals surface area (Å²) >= 11 is 3.31. The summed E-state index contributed by atoms with van der Waals surface area (Å²) in [5.41, 5.74) is 0.837. The van der Waals surface area contributed by atoms with Crippen molar-refractivity contribution in [2.24, 2.45) is 5.92 Å². The molecule has 0 aliphatic heterocycles. The van der Waals surface area contributed by atoms with E-state index in [4.69, 9.17) is 0 Å². The predicted octanol–water partition coefficient (Wildman–Crippen LogP) is 3.03. The van der Waals surface area contributed by atoms with Gasteiger partial charge in [-0.2, -0.15) is 0 Å². The number of benzene rings is 1. The Kier molecular flexibility index (Phi) is 5.28. The van der Waals surface area contributed by atoms with Crippen LogP contribution in [0.4, 0.5) is 0 Å². The first-order valence-corrected chi connectivity index (χ1v) is 6.20. The van der Waals surface area contributed by atoms with Crippen LogP contribution in [-0.4, -0.2) is 17.8 Å². The summed E-state index contributed by atoms with van der Waals surface area (Å²) in [6.07, 6.45) is 1.42. The first kappa shape index (κ1) is 13.8. The zero-order valence-corrected chi connectivity index (χ0v) is 11.1. The van der Waals surface area contributed by atoms with E-state index in [2.05, 4.69) is 15.9 Å². The van der Waals surface area contributed by atoms with Gasteiger partial charge in [-0.3, -0.25) is 10.1 Å². The summed E-state index contributed by atoms with van der Waals surface area (Å²) in [4.78, 5) is 21.3. The normalized spacial score (nSPS) is 14.0. The topological polar surface area (TPSA) is 60.2 Å². The second kappa shape index (κ2) is 6.49. The number of rotatable bonds is 6. The van der Waals surface area contributed by atoms with Gasteiger partial charge >= 0.3 is 0 Å². The number of halogens is 1. The van der Waals surface area contributed by atoms with E-state index in [9.17, 15) is 14.9 Å². The van der Waals surface area contributed by atoms with Crippen molar-refractivity contribution in [2.75, 3.05) is 6.54 Å². The molecule has 1 aromatic rings. The summed E-state index contributed by atoms with van der Waals surface area (Å²) in [6, 6.07) is 7.31. The van der Waals surface area contributed by atoms with Crippen molar-refractivity contribution in [3.8, 4) is 0 Å². The van der Waals surface area contributed by atoms with Crippen molar-refractivity contribution in [2.45, 2.75) is 19.3 Å². The van der Waals surface area contributed by atoms with Gasteiger partial charge in [0.25, 0.3) is 0 Å². The second-order valence-corrected chi connectivity index (χ2v) is 4.80. The Morgan fingerprint density at radius 1 is 1.41 bits per heavy atom. The summed E-state index contributed by atoms with van der Waals surface area (Å²) in [6.45, 7) is 1.66. The van der Waals surface area contributed by atoms with E-state index in [1.165, 1.54) is 0 Å². The van der Waals surface area contributed by atoms with Gasteiger partial charge in [-0.15, -0.1) is 0 Å². The number of aldehydes is 1. The van der Waals surface area contributed by atoms with Gasteiger partial charge in [0.05, 0.1) is 5.92 Å². The quantitative estimate of drug-likeness (QED) is 0.461. The van der Waals surface area contributed by atoms with Crippen molar-refractivity contribution < 1.29 is 9.72 Å². The van der Waals surface area contributed by atoms with Gasteiger partial charge in [0.15, 0.2) is 0 Å². The number of carbonyl (C=O) groups excluding carboxylic acids is 1. The standard InChI is InChI=1S/C12H14BrNO3/c1-2-9(8-15)12(7-14(16)17)10-3-5-11(13)6-4-10/h3-6,8-9,12H,2,7H2,1H3/t9-,12-/m1/s1. The van der Waals surface area contributed by atoms with Crippen LogP contribution < -0.4 is 0 Å². The van der Waals surface area contributed by atoms with Crippen molar-refractivity contribution in [3.63, 3.8) is 0 Å². The maximum atomic E-state index is 11.0. The molecule has 4 nitrogen and oxygen atoms in total. The predicted molar refractivity (Wildman–Crippen MR) is 68.6 cm³/mol. The minimum atomic E-state index is -0.362. The highest BCUT2D eigenvalue weighted by Gasteiger charge is 2.26. The zero-order chi connectivity index (χ0) is 12.8. The Bertz CT molecular complexity index is 391. The van der Waals surface area contributed by atoms with E-state index in [-0.39, 0.29) is 23.3 Å². The third kappa shape index (κ3) is 3.93. The van der Waals surface area contributed by atoms with Crippen molar-refractivity contribution in [3.05, 3.63) is 44.4 Å². The molecule has 1 rings (SSSR count). The third-order valence-electron chi connectivity index (χ3n) is 2.81. The van der Waals surface area contributed by atoms with Gasteiger partial charge < -0.3 is 4.79 Å². The smallest absolute Gasteiger partial charge is 0.211 e. The molecule has 5 heteroatoms. The Balaban J connectivity index is 3.00. The molecule has 92 valence electrons. The zero-order valence-electron chi connectivity index (χ0n) is 9.51. The SMILES string of the molecule is CC[C@H](C=O)[C@@H](C[N+](=O)[O-])c1ccc(Br)cc1. The van der Waals surface area contributed by atoms with Crippen LogP contribution in [0.5, 0.6) is 0 Å². The molecule has 0 saturated carbocycles. The Morgan fingerprint density at radius 3 is 2.41 bits per heavy atom. The van der Waals surface area contributed by atoms with Crippen LogP contribution in [0.3, 0.4) is 0 Å². The first-order valence-electron chi connectivity index (χ1n) is 5.41. The van der Waals surface area contributed by atoms with Gasteiger partial charge in [-0.25, -0.2) is 0 Å². The molecule has 2 atom stereocenters. The van der Waals surface area contributed by atoms with Crippen molar-refractivity contribution in [1.82, 2.24) is 0 Å². The largest absolute Gasteiger partial charge is 0.303 e. The van der Waals surface area contributed by atoms with Crippen molar-refractivity contribution in [1.29, 1.82) is 0 Å². The fraction of sp³-hybridized carbons (Fsp3) is 0.417. The lowest BCUT2D eigenvalue weighted by Crippen LogP contribution is -2.22. The molecule has 17 heavy (non-hydrogen) atoms. The molecule has 0 aliphatic rings. The minimum Gasteiger partial charge on any atom is -0.303 e. The molecule has 0 aromatic heterocycles. The number of carbonyl (C=O) groups is 1. The van der Waals surface area contributed by atoms with Crippen LogP contribution in [0.1, 0.15) is 24.8 Å². The summed E-state index contributed by atoms with van der Waals surface area (Å²) in [7, 11) is 0. The van der Waals surface area contributed by atoms with Gasteiger partial charge in [0.1, 0.15) is 6.29 Å². The highest BCUT2D eigenvalue weighted by molar-refractivity contribution is 9.10. The molecule has 0 N–H and O–H groups in total. The number of hydrogen-bond donors (Lipinski definition) is 0. The van der Waals surface area contributed by atoms with Gasteiger partial charge in [-0.1, -0.05) is 35.0 Å². The third-order valence-corrected chi connectivity index (χ3v) is 3.34. The molecule has 0 bridgehead atoms. The van der Waals surface area contributed by atoms with E-state index < -0.39 is 0 Å². The highest BCUT2D eigenvalue weighted by atomic mass is 79.9. The van der Waals surface area contributed by atoms with Crippen LogP contribution >= 0.6 is 15.9 Å². The molecule has 0 fully saturated rings. The molecule has 0 aliphatic carbocycles. The molecule has 0 heterocycles. The highest BCUT2D eigenvalue weighted by Crippen LogP contribution is 2.27. The molecule has 0 amide bonds. The van der Waals surface area contributed by atoms with E-state index >= 15 is 0 Å². The Labute approximate surface area is 108 Å². The molecule has 1 aromatic carbocycles. The molecule has 0 radical (unpaired) electrons. The summed E-state index contributed by atoms with van der Waals surface area (Å²) in [5.74, 6) is -0.651. The lowest BCUT2D eigenvalue weighted by atomic mass is 9.85. The van der Waals surface area contributed by atoms with Crippen LogP contribution in [0.2, 0.25) is 0 Å². The van der Waals surface area contributed by atoms with Crippen LogP contribution in [0, 0.1) is 16.0 Å². The van der Waals surface area contributed by atoms with Gasteiger partial charge in [0, 0.05) is 15.3 Å². The summed E-state index contributed by atoms with van der Waals surface area (Å²) < 4.78 is 0.917. The lowest BCUT2D eigenvalue weighted by molar-refractivity contribution is -0.484. The van der Waals surface area contributed by atoms with E-state index in [0.29, 0.717) is 6.42 Å². The number of nitro groups is 1. The average molecular weight is 300 g/mol. The minimum absolute atomic E-state index is 0.209. The van der Waals surface area contributed by atoms with Gasteiger partial charge in [0.2, 0.25) is 6.54 Å². The van der Waals surface area contributed by atoms with E-state index in [0.717, 1.165) is 16.3 Å². The summed E-state index contributed by atoms with van der Waals surface area (Å²) in [5, 5.41) is 10.7. The fourth-order valence-electron chi connectivity index (χ4n) is 1.83. The fourth-order valence-corrected chi connectivity index (χ4v) is 2.10. The maximum Gasteiger partial charge on any atom is 0.211 e. The van der Waals surface area contributed by atoms with Gasteiger partial charge in [-0.05, 0) is 24.1 Å². The molecular formula is C12H14BrNO3. The number of nitrogens with zero attached hydrogens (tertiary/aromatic N) is 1. The van der Waals surface area contributed by atoms with Crippen LogP contribution in [0.25, 0.3) is 0 Å². The van der Waals surface area contributed by atoms with Crippen molar-refractivity contribution >= 4 is 22.2 Å². The van der Waals surface area contributed by atoms with E-state index in [1.54, 1.807) is 0 Å².